The predicted molar refractivity (Wildman–Crippen MR) is 87.8 cm³/mol. The molecule has 0 aliphatic heterocycles. The van der Waals surface area contributed by atoms with Gasteiger partial charge in [0.05, 0.1) is 0 Å². The van der Waals surface area contributed by atoms with E-state index in [9.17, 15) is 9.18 Å². The van der Waals surface area contributed by atoms with Gasteiger partial charge in [0.1, 0.15) is 23.5 Å². The molecule has 0 radical (unpaired) electrons. The summed E-state index contributed by atoms with van der Waals surface area (Å²) in [6.45, 7) is 10.5. The van der Waals surface area contributed by atoms with Crippen molar-refractivity contribution in [3.8, 4) is 5.75 Å². The molecule has 0 aromatic heterocycles. The zero-order valence-electron chi connectivity index (χ0n) is 14.3. The van der Waals surface area contributed by atoms with Crippen molar-refractivity contribution < 1.29 is 13.9 Å². The summed E-state index contributed by atoms with van der Waals surface area (Å²) in [4.78, 5) is 11.7. The molecular formula is C18H28FNO2. The van der Waals surface area contributed by atoms with Crippen molar-refractivity contribution in [2.45, 2.75) is 59.6 Å². The van der Waals surface area contributed by atoms with Crippen LogP contribution in [0.3, 0.4) is 0 Å². The number of aryl methyl sites for hydroxylation is 1. The second kappa shape index (κ2) is 8.89. The topological polar surface area (TPSA) is 38.3 Å². The second-order valence-electron chi connectivity index (χ2n) is 6.41. The van der Waals surface area contributed by atoms with Crippen LogP contribution < -0.4 is 10.1 Å². The molecule has 0 aliphatic carbocycles. The predicted octanol–water partition coefficient (Wildman–Crippen LogP) is 3.75. The quantitative estimate of drug-likeness (QED) is 0.755. The van der Waals surface area contributed by atoms with E-state index >= 15 is 0 Å². The van der Waals surface area contributed by atoms with Crippen LogP contribution in [0, 0.1) is 11.7 Å². The number of ketones is 1. The average Bonchev–Trinajstić information content (AvgIpc) is 2.41. The molecule has 0 bridgehead atoms. The summed E-state index contributed by atoms with van der Waals surface area (Å²) in [5.74, 6) is 0.409. The van der Waals surface area contributed by atoms with Crippen LogP contribution in [-0.4, -0.2) is 24.5 Å². The Morgan fingerprint density at radius 2 is 1.86 bits per heavy atom. The maximum atomic E-state index is 13.7. The number of halogens is 1. The number of ether oxygens (including phenoxy) is 1. The first-order valence-corrected chi connectivity index (χ1v) is 8.00. The van der Waals surface area contributed by atoms with E-state index in [-0.39, 0.29) is 23.6 Å². The maximum absolute atomic E-state index is 13.7. The molecule has 1 N–H and O–H groups in total. The van der Waals surface area contributed by atoms with E-state index in [1.165, 1.54) is 12.1 Å². The van der Waals surface area contributed by atoms with Crippen molar-refractivity contribution in [3.05, 3.63) is 29.6 Å². The number of Topliss-reactive ketones (excluding diaryl/α,β-unsaturated/α-hetero) is 1. The number of carbonyl (C=O) groups is 1. The third kappa shape index (κ3) is 7.03. The van der Waals surface area contributed by atoms with Crippen molar-refractivity contribution in [2.24, 2.45) is 5.92 Å². The largest absolute Gasteiger partial charge is 0.489 e. The summed E-state index contributed by atoms with van der Waals surface area (Å²) in [5, 5.41) is 3.28. The molecule has 1 aromatic rings. The standard InChI is InChI=1S/C18H28FNO2/c1-12(2)18(21)7-6-15-8-16(19)10-17(9-15)22-14(5)11-20-13(3)4/h8-10,12-14,20H,6-7,11H2,1-5H3. The first-order chi connectivity index (χ1) is 10.3. The molecule has 0 saturated carbocycles. The molecule has 124 valence electrons. The third-order valence-electron chi connectivity index (χ3n) is 3.39. The van der Waals surface area contributed by atoms with E-state index in [0.717, 1.165) is 5.56 Å². The normalized spacial score (nSPS) is 12.7. The molecule has 0 fully saturated rings. The number of nitrogens with one attached hydrogen (secondary N) is 1. The first kappa shape index (κ1) is 18.6. The van der Waals surface area contributed by atoms with Gasteiger partial charge in [0.25, 0.3) is 0 Å². The third-order valence-corrected chi connectivity index (χ3v) is 3.39. The lowest BCUT2D eigenvalue weighted by Gasteiger charge is -2.17. The van der Waals surface area contributed by atoms with Crippen molar-refractivity contribution in [1.82, 2.24) is 5.32 Å². The zero-order valence-corrected chi connectivity index (χ0v) is 14.3. The summed E-state index contributed by atoms with van der Waals surface area (Å²) < 4.78 is 19.4. The van der Waals surface area contributed by atoms with Gasteiger partial charge in [-0.15, -0.1) is 0 Å². The lowest BCUT2D eigenvalue weighted by atomic mass is 10.0. The molecule has 4 heteroatoms. The van der Waals surface area contributed by atoms with Crippen molar-refractivity contribution >= 4 is 5.78 Å². The fourth-order valence-corrected chi connectivity index (χ4v) is 2.06. The van der Waals surface area contributed by atoms with E-state index in [2.05, 4.69) is 19.2 Å². The highest BCUT2D eigenvalue weighted by Gasteiger charge is 2.10. The SMILES string of the molecule is CC(C)NCC(C)Oc1cc(F)cc(CCC(=O)C(C)C)c1. The summed E-state index contributed by atoms with van der Waals surface area (Å²) >= 11 is 0. The lowest BCUT2D eigenvalue weighted by Crippen LogP contribution is -2.33. The Balaban J connectivity index is 2.63. The van der Waals surface area contributed by atoms with E-state index in [1.54, 1.807) is 0 Å². The molecule has 1 aromatic carbocycles. The van der Waals surface area contributed by atoms with E-state index in [0.29, 0.717) is 31.2 Å². The van der Waals surface area contributed by atoms with E-state index in [4.69, 9.17) is 4.74 Å². The number of hydrogen-bond acceptors (Lipinski definition) is 3. The Bertz CT molecular complexity index is 486. The minimum absolute atomic E-state index is 0.0198. The van der Waals surface area contributed by atoms with Gasteiger partial charge in [0.2, 0.25) is 0 Å². The molecule has 1 unspecified atom stereocenters. The Hall–Kier alpha value is -1.42. The molecule has 0 heterocycles. The van der Waals surface area contributed by atoms with Gasteiger partial charge in [-0.3, -0.25) is 4.79 Å². The van der Waals surface area contributed by atoms with Crippen LogP contribution >= 0.6 is 0 Å². The highest BCUT2D eigenvalue weighted by atomic mass is 19.1. The number of carbonyl (C=O) groups excluding carboxylic acids is 1. The van der Waals surface area contributed by atoms with Crippen LogP contribution in [0.25, 0.3) is 0 Å². The van der Waals surface area contributed by atoms with Gasteiger partial charge in [-0.05, 0) is 31.0 Å². The zero-order chi connectivity index (χ0) is 16.7. The van der Waals surface area contributed by atoms with Crippen LogP contribution in [-0.2, 0) is 11.2 Å². The van der Waals surface area contributed by atoms with Crippen LogP contribution in [0.4, 0.5) is 4.39 Å². The maximum Gasteiger partial charge on any atom is 0.135 e. The van der Waals surface area contributed by atoms with Crippen molar-refractivity contribution in [3.63, 3.8) is 0 Å². The summed E-state index contributed by atoms with van der Waals surface area (Å²) in [7, 11) is 0. The molecule has 1 rings (SSSR count). The number of benzene rings is 1. The Labute approximate surface area is 133 Å². The minimum atomic E-state index is -0.325. The van der Waals surface area contributed by atoms with Gasteiger partial charge in [0.15, 0.2) is 0 Å². The van der Waals surface area contributed by atoms with Crippen molar-refractivity contribution in [1.29, 1.82) is 0 Å². The molecule has 0 saturated heterocycles. The second-order valence-corrected chi connectivity index (χ2v) is 6.41. The van der Waals surface area contributed by atoms with Gasteiger partial charge in [-0.2, -0.15) is 0 Å². The smallest absolute Gasteiger partial charge is 0.135 e. The van der Waals surface area contributed by atoms with Crippen LogP contribution in [0.15, 0.2) is 18.2 Å². The minimum Gasteiger partial charge on any atom is -0.489 e. The Morgan fingerprint density at radius 1 is 1.18 bits per heavy atom. The fourth-order valence-electron chi connectivity index (χ4n) is 2.06. The molecule has 0 spiro atoms. The van der Waals surface area contributed by atoms with Crippen molar-refractivity contribution in [2.75, 3.05) is 6.54 Å². The fraction of sp³-hybridized carbons (Fsp3) is 0.611. The van der Waals surface area contributed by atoms with Gasteiger partial charge < -0.3 is 10.1 Å². The number of rotatable bonds is 9. The average molecular weight is 309 g/mol. The first-order valence-electron chi connectivity index (χ1n) is 8.00. The molecular weight excluding hydrogens is 281 g/mol. The Morgan fingerprint density at radius 3 is 2.45 bits per heavy atom. The van der Waals surface area contributed by atoms with E-state index in [1.807, 2.05) is 26.8 Å². The summed E-state index contributed by atoms with van der Waals surface area (Å²) in [5.41, 5.74) is 0.799. The summed E-state index contributed by atoms with van der Waals surface area (Å²) in [6, 6.07) is 5.07. The lowest BCUT2D eigenvalue weighted by molar-refractivity contribution is -0.121. The molecule has 1 atom stereocenters. The van der Waals surface area contributed by atoms with E-state index < -0.39 is 0 Å². The van der Waals surface area contributed by atoms with Crippen LogP contribution in [0.1, 0.15) is 46.6 Å². The highest BCUT2D eigenvalue weighted by Crippen LogP contribution is 2.19. The Kier molecular flexibility index (Phi) is 7.52. The monoisotopic (exact) mass is 309 g/mol. The number of hydrogen-bond donors (Lipinski definition) is 1. The molecule has 0 aliphatic rings. The van der Waals surface area contributed by atoms with Crippen LogP contribution in [0.2, 0.25) is 0 Å². The summed E-state index contributed by atoms with van der Waals surface area (Å²) in [6.07, 6.45) is 0.934. The molecule has 22 heavy (non-hydrogen) atoms. The van der Waals surface area contributed by atoms with Gasteiger partial charge in [-0.1, -0.05) is 27.7 Å². The van der Waals surface area contributed by atoms with Crippen LogP contribution in [0.5, 0.6) is 5.75 Å². The molecule has 3 nitrogen and oxygen atoms in total. The van der Waals surface area contributed by atoms with Gasteiger partial charge in [0, 0.05) is 31.0 Å². The molecule has 0 amide bonds. The van der Waals surface area contributed by atoms with Gasteiger partial charge in [-0.25, -0.2) is 4.39 Å². The highest BCUT2D eigenvalue weighted by molar-refractivity contribution is 5.80. The van der Waals surface area contributed by atoms with Gasteiger partial charge >= 0.3 is 0 Å².